The minimum absolute atomic E-state index is 0.126. The van der Waals surface area contributed by atoms with Crippen molar-refractivity contribution >= 4 is 11.9 Å². The lowest BCUT2D eigenvalue weighted by Crippen LogP contribution is -2.43. The number of rotatable bonds is 6. The fourth-order valence-corrected chi connectivity index (χ4v) is 7.67. The molecule has 1 aromatic rings. The van der Waals surface area contributed by atoms with E-state index in [2.05, 4.69) is 13.8 Å². The summed E-state index contributed by atoms with van der Waals surface area (Å²) >= 11 is 0. The van der Waals surface area contributed by atoms with Crippen molar-refractivity contribution in [1.29, 1.82) is 0 Å². The molecule has 3 aliphatic carbocycles. The summed E-state index contributed by atoms with van der Waals surface area (Å²) in [5.41, 5.74) is 0.843. The van der Waals surface area contributed by atoms with Crippen molar-refractivity contribution in [3.63, 3.8) is 0 Å². The molecule has 1 heterocycles. The first-order valence-corrected chi connectivity index (χ1v) is 13.6. The van der Waals surface area contributed by atoms with Gasteiger partial charge in [0.25, 0.3) is 5.91 Å². The molecule has 1 aromatic carbocycles. The number of fused-ring (bicyclic) bond motifs is 2. The van der Waals surface area contributed by atoms with E-state index in [-0.39, 0.29) is 23.4 Å². The highest BCUT2D eigenvalue weighted by molar-refractivity contribution is 5.98. The van der Waals surface area contributed by atoms with Crippen molar-refractivity contribution in [2.75, 3.05) is 20.3 Å². The number of ether oxygens (including phenoxy) is 2. The molecule has 1 aliphatic heterocycles. The van der Waals surface area contributed by atoms with Gasteiger partial charge in [0.1, 0.15) is 23.8 Å². The third-order valence-electron chi connectivity index (χ3n) is 9.12. The molecule has 1 amide bonds. The first-order chi connectivity index (χ1) is 17.1. The summed E-state index contributed by atoms with van der Waals surface area (Å²) in [6, 6.07) is 1.86. The van der Waals surface area contributed by atoms with Crippen LogP contribution >= 0.6 is 0 Å². The number of nitrogens with zero attached hydrogens (tertiary/aromatic N) is 1. The molecule has 4 aliphatic rings. The molecular weight excluding hydrogens is 464 g/mol. The highest BCUT2D eigenvalue weighted by Crippen LogP contribution is 2.53. The average Bonchev–Trinajstić information content (AvgIpc) is 3.61. The lowest BCUT2D eigenvalue weighted by atomic mass is 9.57. The molecule has 3 saturated carbocycles. The number of hydrogen-bond acceptors (Lipinski definition) is 4. The second-order valence-corrected chi connectivity index (χ2v) is 12.4. The van der Waals surface area contributed by atoms with Crippen LogP contribution in [0.4, 0.5) is 8.78 Å². The van der Waals surface area contributed by atoms with Gasteiger partial charge in [-0.1, -0.05) is 20.8 Å². The van der Waals surface area contributed by atoms with Gasteiger partial charge in [0.05, 0.1) is 25.8 Å². The van der Waals surface area contributed by atoms with Gasteiger partial charge in [-0.2, -0.15) is 0 Å². The smallest absolute Gasteiger partial charge is 0.328 e. The largest absolute Gasteiger partial charge is 0.493 e. The van der Waals surface area contributed by atoms with E-state index in [4.69, 9.17) is 9.47 Å². The second-order valence-electron chi connectivity index (χ2n) is 12.4. The fraction of sp³-hybridized carbons (Fsp3) is 0.724. The summed E-state index contributed by atoms with van der Waals surface area (Å²) in [6.45, 7) is 6.55. The quantitative estimate of drug-likeness (QED) is 0.453. The highest BCUT2D eigenvalue weighted by Gasteiger charge is 2.48. The molecule has 7 heteroatoms. The lowest BCUT2D eigenvalue weighted by molar-refractivity contribution is -0.146. The minimum Gasteiger partial charge on any atom is -0.493 e. The monoisotopic (exact) mass is 503 g/mol. The topological polar surface area (TPSA) is 55.8 Å². The van der Waals surface area contributed by atoms with Crippen LogP contribution in [0.3, 0.4) is 0 Å². The Morgan fingerprint density at radius 1 is 1.08 bits per heavy atom. The Balaban J connectivity index is 1.40. The summed E-state index contributed by atoms with van der Waals surface area (Å²) in [4.78, 5) is 26.8. The third-order valence-corrected chi connectivity index (χ3v) is 9.12. The van der Waals surface area contributed by atoms with Gasteiger partial charge in [-0.15, -0.1) is 0 Å². The van der Waals surface area contributed by atoms with Crippen molar-refractivity contribution in [1.82, 2.24) is 4.90 Å². The molecule has 5 rings (SSSR count). The maximum atomic E-state index is 15.4. The molecule has 0 radical (unpaired) electrons. The molecule has 36 heavy (non-hydrogen) atoms. The fourth-order valence-electron chi connectivity index (χ4n) is 7.67. The number of benzene rings is 1. The van der Waals surface area contributed by atoms with E-state index in [1.54, 1.807) is 13.0 Å². The summed E-state index contributed by atoms with van der Waals surface area (Å²) in [5, 5.41) is 0. The number of alkyl halides is 1. The zero-order valence-electron chi connectivity index (χ0n) is 21.9. The first kappa shape index (κ1) is 25.5. The highest BCUT2D eigenvalue weighted by atomic mass is 19.1. The SMILES string of the molecule is COC(=O)[C@@H]1C(C)[C@H](F)CN1C(=O)c1cc(C2CC2)c(OCC23CC(C)CC(CC(C)C2)C3)cc1F. The van der Waals surface area contributed by atoms with Crippen LogP contribution in [0, 0.1) is 34.9 Å². The Bertz CT molecular complexity index is 1010. The Kier molecular flexibility index (Phi) is 6.80. The predicted molar refractivity (Wildman–Crippen MR) is 132 cm³/mol. The van der Waals surface area contributed by atoms with E-state index in [0.717, 1.165) is 42.1 Å². The number of likely N-dealkylation sites (tertiary alicyclic amines) is 1. The van der Waals surface area contributed by atoms with Crippen molar-refractivity contribution in [3.05, 3.63) is 29.1 Å². The van der Waals surface area contributed by atoms with Gasteiger partial charge in [0, 0.05) is 17.4 Å². The van der Waals surface area contributed by atoms with E-state index >= 15 is 4.39 Å². The molecule has 198 valence electrons. The molecule has 3 unspecified atom stereocenters. The summed E-state index contributed by atoms with van der Waals surface area (Å²) < 4.78 is 41.1. The summed E-state index contributed by atoms with van der Waals surface area (Å²) in [6.07, 6.45) is 6.58. The number of methoxy groups -OCH3 is 1. The first-order valence-electron chi connectivity index (χ1n) is 13.6. The Hall–Kier alpha value is -2.18. The van der Waals surface area contributed by atoms with Crippen molar-refractivity contribution < 1.29 is 27.8 Å². The van der Waals surface area contributed by atoms with Gasteiger partial charge in [-0.3, -0.25) is 4.79 Å². The van der Waals surface area contributed by atoms with Crippen LogP contribution in [0.1, 0.15) is 87.6 Å². The molecule has 0 spiro atoms. The maximum absolute atomic E-state index is 15.4. The normalized spacial score (nSPS) is 36.0. The minimum atomic E-state index is -1.37. The van der Waals surface area contributed by atoms with E-state index in [0.29, 0.717) is 24.2 Å². The summed E-state index contributed by atoms with van der Waals surface area (Å²) in [5.74, 6) is 0.0786. The van der Waals surface area contributed by atoms with Crippen LogP contribution in [-0.2, 0) is 9.53 Å². The van der Waals surface area contributed by atoms with E-state index in [9.17, 15) is 14.0 Å². The van der Waals surface area contributed by atoms with E-state index in [1.165, 1.54) is 32.4 Å². The number of esters is 1. The van der Waals surface area contributed by atoms with Gasteiger partial charge in [-0.25, -0.2) is 13.6 Å². The zero-order chi connectivity index (χ0) is 25.8. The van der Waals surface area contributed by atoms with Crippen LogP contribution in [-0.4, -0.2) is 49.3 Å². The van der Waals surface area contributed by atoms with E-state index in [1.807, 2.05) is 0 Å². The number of halogens is 2. The molecule has 1 saturated heterocycles. The third kappa shape index (κ3) is 4.74. The second kappa shape index (κ2) is 9.60. The predicted octanol–water partition coefficient (Wildman–Crippen LogP) is 5.91. The van der Waals surface area contributed by atoms with Crippen LogP contribution in [0.5, 0.6) is 5.75 Å². The molecule has 5 nitrogen and oxygen atoms in total. The molecule has 0 N–H and O–H groups in total. The van der Waals surface area contributed by atoms with Crippen LogP contribution < -0.4 is 4.74 Å². The Morgan fingerprint density at radius 2 is 1.75 bits per heavy atom. The van der Waals surface area contributed by atoms with Gasteiger partial charge in [-0.05, 0) is 80.2 Å². The Morgan fingerprint density at radius 3 is 2.36 bits per heavy atom. The van der Waals surface area contributed by atoms with Crippen LogP contribution in [0.15, 0.2) is 12.1 Å². The molecule has 0 aromatic heterocycles. The average molecular weight is 504 g/mol. The van der Waals surface area contributed by atoms with Gasteiger partial charge >= 0.3 is 5.97 Å². The molecule has 4 fully saturated rings. The van der Waals surface area contributed by atoms with Crippen molar-refractivity contribution in [2.45, 2.75) is 83.8 Å². The van der Waals surface area contributed by atoms with Gasteiger partial charge < -0.3 is 14.4 Å². The number of amides is 1. The van der Waals surface area contributed by atoms with Crippen LogP contribution in [0.25, 0.3) is 0 Å². The number of hydrogen-bond donors (Lipinski definition) is 0. The maximum Gasteiger partial charge on any atom is 0.328 e. The Labute approximate surface area is 212 Å². The van der Waals surface area contributed by atoms with E-state index < -0.39 is 35.8 Å². The zero-order valence-corrected chi connectivity index (χ0v) is 21.9. The number of carbonyl (C=O) groups is 2. The molecule has 2 bridgehead atoms. The van der Waals surface area contributed by atoms with Crippen molar-refractivity contribution in [3.8, 4) is 5.75 Å². The van der Waals surface area contributed by atoms with Gasteiger partial charge in [0.2, 0.25) is 0 Å². The molecular formula is C29H39F2NO4. The van der Waals surface area contributed by atoms with Gasteiger partial charge in [0.15, 0.2) is 0 Å². The molecule has 5 atom stereocenters. The van der Waals surface area contributed by atoms with Crippen LogP contribution in [0.2, 0.25) is 0 Å². The number of carbonyl (C=O) groups excluding carboxylic acids is 2. The standard InChI is InChI=1S/C29H39F2NO4/c1-16-7-19-8-17(2)12-29(11-16,13-19)15-36-25-10-23(30)22(9-21(25)20-5-6-20)27(33)32-14-24(31)18(3)26(32)28(34)35-4/h9-10,16-20,24,26H,5-8,11-15H2,1-4H3/t16?,17?,18?,19?,24-,26+,29?/m1/s1. The van der Waals surface area contributed by atoms with Crippen molar-refractivity contribution in [2.24, 2.45) is 29.1 Å². The lowest BCUT2D eigenvalue weighted by Gasteiger charge is -2.49. The summed E-state index contributed by atoms with van der Waals surface area (Å²) in [7, 11) is 1.21.